The monoisotopic (exact) mass is 377 g/mol. The van der Waals surface area contributed by atoms with Gasteiger partial charge in [-0.05, 0) is 38.7 Å². The van der Waals surface area contributed by atoms with Crippen LogP contribution in [-0.2, 0) is 24.1 Å². The highest BCUT2D eigenvalue weighted by atomic mass is 32.1. The Balaban J connectivity index is 1.75. The minimum absolute atomic E-state index is 0.0389. The van der Waals surface area contributed by atoms with Crippen molar-refractivity contribution < 1.29 is 9.84 Å². The Kier molecular flexibility index (Phi) is 6.24. The molecule has 2 aromatic rings. The van der Waals surface area contributed by atoms with Crippen LogP contribution in [0.1, 0.15) is 36.5 Å². The molecule has 0 fully saturated rings. The van der Waals surface area contributed by atoms with Crippen LogP contribution in [0.5, 0.6) is 0 Å². The van der Waals surface area contributed by atoms with Gasteiger partial charge in [0, 0.05) is 17.5 Å². The number of aromatic amines is 1. The predicted molar refractivity (Wildman–Crippen MR) is 105 cm³/mol. The van der Waals surface area contributed by atoms with E-state index in [0.717, 1.165) is 29.5 Å². The third-order valence-corrected chi connectivity index (χ3v) is 5.88. The van der Waals surface area contributed by atoms with Crippen LogP contribution >= 0.6 is 11.3 Å². The molecule has 1 unspecified atom stereocenters. The Morgan fingerprint density at radius 1 is 1.46 bits per heavy atom. The average molecular weight is 378 g/mol. The Morgan fingerprint density at radius 3 is 3.00 bits per heavy atom. The van der Waals surface area contributed by atoms with E-state index in [1.807, 2.05) is 0 Å². The number of aromatic nitrogens is 2. The molecule has 0 saturated heterocycles. The van der Waals surface area contributed by atoms with E-state index in [9.17, 15) is 9.90 Å². The molecule has 0 bridgehead atoms. The van der Waals surface area contributed by atoms with Gasteiger partial charge in [-0.1, -0.05) is 6.08 Å². The molecule has 1 aliphatic carbocycles. The van der Waals surface area contributed by atoms with Crippen molar-refractivity contribution in [2.45, 2.75) is 51.8 Å². The molecule has 0 spiro atoms. The van der Waals surface area contributed by atoms with Gasteiger partial charge in [-0.15, -0.1) is 17.9 Å². The topological polar surface area (TPSA) is 78.5 Å². The largest absolute Gasteiger partial charge is 0.389 e. The summed E-state index contributed by atoms with van der Waals surface area (Å²) in [6.07, 6.45) is 4.23. The van der Waals surface area contributed by atoms with E-state index in [2.05, 4.69) is 30.3 Å². The number of fused-ring (bicyclic) bond motifs is 3. The number of aryl methyl sites for hydroxylation is 2. The number of thiophene rings is 1. The minimum Gasteiger partial charge on any atom is -0.389 e. The zero-order chi connectivity index (χ0) is 18.7. The van der Waals surface area contributed by atoms with Gasteiger partial charge in [0.25, 0.3) is 5.56 Å². The molecule has 0 aromatic carbocycles. The summed E-state index contributed by atoms with van der Waals surface area (Å²) in [6.45, 7) is 9.35. The van der Waals surface area contributed by atoms with Crippen LogP contribution in [0.2, 0.25) is 0 Å². The molecule has 6 nitrogen and oxygen atoms in total. The number of H-pyrrole nitrogens is 1. The van der Waals surface area contributed by atoms with E-state index in [1.54, 1.807) is 17.4 Å². The number of aliphatic hydroxyl groups is 1. The number of nitrogens with zero attached hydrogens (tertiary/aromatic N) is 2. The van der Waals surface area contributed by atoms with Gasteiger partial charge >= 0.3 is 0 Å². The average Bonchev–Trinajstić information content (AvgIpc) is 3.14. The van der Waals surface area contributed by atoms with Crippen LogP contribution in [0.25, 0.3) is 10.2 Å². The summed E-state index contributed by atoms with van der Waals surface area (Å²) < 4.78 is 5.32. The molecule has 0 amide bonds. The molecule has 0 radical (unpaired) electrons. The van der Waals surface area contributed by atoms with E-state index >= 15 is 0 Å². The van der Waals surface area contributed by atoms with Crippen LogP contribution in [0.3, 0.4) is 0 Å². The maximum absolute atomic E-state index is 12.6. The van der Waals surface area contributed by atoms with Crippen LogP contribution in [-0.4, -0.2) is 51.9 Å². The van der Waals surface area contributed by atoms with Gasteiger partial charge in [0.05, 0.1) is 31.2 Å². The van der Waals surface area contributed by atoms with Crippen LogP contribution in [0, 0.1) is 0 Å². The fourth-order valence-corrected chi connectivity index (χ4v) is 4.66. The highest BCUT2D eigenvalue weighted by Gasteiger charge is 2.22. The summed E-state index contributed by atoms with van der Waals surface area (Å²) in [5, 5.41) is 11.0. The lowest BCUT2D eigenvalue weighted by atomic mass is 10.2. The molecule has 0 saturated carbocycles. The third-order valence-electron chi connectivity index (χ3n) is 4.70. The zero-order valence-electron chi connectivity index (χ0n) is 15.5. The summed E-state index contributed by atoms with van der Waals surface area (Å²) in [4.78, 5) is 24.5. The maximum atomic E-state index is 12.6. The molecule has 0 aliphatic heterocycles. The van der Waals surface area contributed by atoms with E-state index in [1.165, 1.54) is 10.4 Å². The highest BCUT2D eigenvalue weighted by Crippen LogP contribution is 2.34. The quantitative estimate of drug-likeness (QED) is 0.518. The van der Waals surface area contributed by atoms with Gasteiger partial charge in [0.15, 0.2) is 0 Å². The second-order valence-electron chi connectivity index (χ2n) is 7.05. The van der Waals surface area contributed by atoms with Gasteiger partial charge in [-0.25, -0.2) is 4.98 Å². The molecule has 2 N–H and O–H groups in total. The number of aliphatic hydroxyl groups excluding tert-OH is 1. The van der Waals surface area contributed by atoms with E-state index in [0.29, 0.717) is 25.5 Å². The second kappa shape index (κ2) is 8.43. The third kappa shape index (κ3) is 4.23. The van der Waals surface area contributed by atoms with Crippen molar-refractivity contribution in [2.24, 2.45) is 0 Å². The van der Waals surface area contributed by atoms with E-state index in [-0.39, 0.29) is 18.2 Å². The molecule has 142 valence electrons. The summed E-state index contributed by atoms with van der Waals surface area (Å²) >= 11 is 1.65. The van der Waals surface area contributed by atoms with Gasteiger partial charge in [0.1, 0.15) is 10.7 Å². The number of ether oxygens (including phenoxy) is 1. The molecule has 7 heteroatoms. The molecule has 3 rings (SSSR count). The van der Waals surface area contributed by atoms with Crippen LogP contribution in [0.15, 0.2) is 17.4 Å². The van der Waals surface area contributed by atoms with Crippen molar-refractivity contribution in [2.75, 3.05) is 19.8 Å². The number of hydrogen-bond acceptors (Lipinski definition) is 6. The number of nitrogens with one attached hydrogen (secondary N) is 1. The number of rotatable bonds is 9. The fraction of sp³-hybridized carbons (Fsp3) is 0.579. The Hall–Kier alpha value is -1.54. The first kappa shape index (κ1) is 19.2. The lowest BCUT2D eigenvalue weighted by Crippen LogP contribution is -2.39. The normalized spacial score (nSPS) is 15.1. The molecule has 2 heterocycles. The minimum atomic E-state index is -0.599. The Morgan fingerprint density at radius 2 is 2.27 bits per heavy atom. The second-order valence-corrected chi connectivity index (χ2v) is 8.14. The summed E-state index contributed by atoms with van der Waals surface area (Å²) in [6, 6.07) is 0.207. The fourth-order valence-electron chi connectivity index (χ4n) is 3.38. The maximum Gasteiger partial charge on any atom is 0.259 e. The summed E-state index contributed by atoms with van der Waals surface area (Å²) in [5.74, 6) is 0.648. The summed E-state index contributed by atoms with van der Waals surface area (Å²) in [7, 11) is 0. The lowest BCUT2D eigenvalue weighted by molar-refractivity contribution is 0.0172. The standard InChI is InChI=1S/C19H27N3O3S/c1-4-8-25-11-13(23)9-22(12(2)3)10-16-20-18(24)17-14-6-5-7-15(14)26-19(17)21-16/h4,12-13,23H,1,5-11H2,2-3H3,(H,20,21,24). The highest BCUT2D eigenvalue weighted by molar-refractivity contribution is 7.18. The summed E-state index contributed by atoms with van der Waals surface area (Å²) in [5.41, 5.74) is 1.16. The van der Waals surface area contributed by atoms with Crippen molar-refractivity contribution in [3.8, 4) is 0 Å². The molecule has 2 aromatic heterocycles. The molecular formula is C19H27N3O3S. The van der Waals surface area contributed by atoms with Gasteiger partial charge in [-0.3, -0.25) is 9.69 Å². The zero-order valence-corrected chi connectivity index (χ0v) is 16.3. The van der Waals surface area contributed by atoms with Crippen molar-refractivity contribution in [3.05, 3.63) is 39.3 Å². The first-order chi connectivity index (χ1) is 12.5. The first-order valence-electron chi connectivity index (χ1n) is 9.13. The lowest BCUT2D eigenvalue weighted by Gasteiger charge is -2.28. The molecular weight excluding hydrogens is 350 g/mol. The molecule has 1 atom stereocenters. The number of hydrogen-bond donors (Lipinski definition) is 2. The Labute approximate surface area is 157 Å². The Bertz CT molecular complexity index is 827. The van der Waals surface area contributed by atoms with Gasteiger partial charge < -0.3 is 14.8 Å². The van der Waals surface area contributed by atoms with Crippen molar-refractivity contribution in [3.63, 3.8) is 0 Å². The van der Waals surface area contributed by atoms with E-state index < -0.39 is 6.10 Å². The van der Waals surface area contributed by atoms with Gasteiger partial charge in [-0.2, -0.15) is 0 Å². The predicted octanol–water partition coefficient (Wildman–Crippen LogP) is 2.25. The van der Waals surface area contributed by atoms with Crippen LogP contribution in [0.4, 0.5) is 0 Å². The molecule has 1 aliphatic rings. The van der Waals surface area contributed by atoms with Crippen LogP contribution < -0.4 is 5.56 Å². The van der Waals surface area contributed by atoms with Crippen molar-refractivity contribution in [1.82, 2.24) is 14.9 Å². The first-order valence-corrected chi connectivity index (χ1v) is 9.95. The molecule has 26 heavy (non-hydrogen) atoms. The van der Waals surface area contributed by atoms with Crippen molar-refractivity contribution >= 4 is 21.6 Å². The van der Waals surface area contributed by atoms with Crippen molar-refractivity contribution in [1.29, 1.82) is 0 Å². The van der Waals surface area contributed by atoms with Gasteiger partial charge in [0.2, 0.25) is 0 Å². The SMILES string of the molecule is C=CCOCC(O)CN(Cc1nc2sc3c(c2c(=O)[nH]1)CCC3)C(C)C. The van der Waals surface area contributed by atoms with E-state index in [4.69, 9.17) is 9.72 Å². The smallest absolute Gasteiger partial charge is 0.259 e.